The molecule has 0 spiro atoms. The van der Waals surface area contributed by atoms with Gasteiger partial charge in [0.25, 0.3) is 0 Å². The maximum atomic E-state index is 11.6. The summed E-state index contributed by atoms with van der Waals surface area (Å²) in [4.78, 5) is 11.6. The Morgan fingerprint density at radius 2 is 2.25 bits per heavy atom. The van der Waals surface area contributed by atoms with Crippen molar-refractivity contribution >= 4 is 17.5 Å². The van der Waals surface area contributed by atoms with Crippen molar-refractivity contribution < 1.29 is 4.79 Å². The third-order valence-corrected chi connectivity index (χ3v) is 2.53. The lowest BCUT2D eigenvalue weighted by Gasteiger charge is -2.06. The van der Waals surface area contributed by atoms with Crippen LogP contribution >= 0.6 is 11.6 Å². The van der Waals surface area contributed by atoms with E-state index >= 15 is 0 Å². The van der Waals surface area contributed by atoms with E-state index in [9.17, 15) is 4.79 Å². The SMILES string of the molecule is Cc1cccc(CC(=O)NCCC(C)Cl)c1. The fraction of sp³-hybridized carbons (Fsp3) is 0.462. The lowest BCUT2D eigenvalue weighted by Crippen LogP contribution is -2.27. The second-order valence-corrected chi connectivity index (χ2v) is 4.83. The predicted octanol–water partition coefficient (Wildman–Crippen LogP) is 2.67. The van der Waals surface area contributed by atoms with Gasteiger partial charge in [-0.05, 0) is 25.8 Å². The topological polar surface area (TPSA) is 29.1 Å². The average Bonchev–Trinajstić information content (AvgIpc) is 2.16. The van der Waals surface area contributed by atoms with Crippen molar-refractivity contribution in [3.8, 4) is 0 Å². The van der Waals surface area contributed by atoms with E-state index < -0.39 is 0 Å². The molecule has 2 nitrogen and oxygen atoms in total. The van der Waals surface area contributed by atoms with Gasteiger partial charge in [-0.2, -0.15) is 0 Å². The molecule has 1 amide bonds. The van der Waals surface area contributed by atoms with Crippen LogP contribution in [0.5, 0.6) is 0 Å². The number of amides is 1. The van der Waals surface area contributed by atoms with Gasteiger partial charge in [-0.15, -0.1) is 11.6 Å². The van der Waals surface area contributed by atoms with Crippen molar-refractivity contribution in [1.82, 2.24) is 5.32 Å². The van der Waals surface area contributed by atoms with E-state index in [1.807, 2.05) is 38.1 Å². The number of carbonyl (C=O) groups is 1. The van der Waals surface area contributed by atoms with E-state index in [2.05, 4.69) is 5.32 Å². The van der Waals surface area contributed by atoms with Gasteiger partial charge in [-0.1, -0.05) is 29.8 Å². The number of nitrogens with one attached hydrogen (secondary N) is 1. The summed E-state index contributed by atoms with van der Waals surface area (Å²) in [7, 11) is 0. The number of hydrogen-bond donors (Lipinski definition) is 1. The minimum absolute atomic E-state index is 0.0583. The Bertz CT molecular complexity index is 350. The molecule has 16 heavy (non-hydrogen) atoms. The highest BCUT2D eigenvalue weighted by Crippen LogP contribution is 2.04. The van der Waals surface area contributed by atoms with E-state index in [1.54, 1.807) is 0 Å². The molecule has 0 saturated heterocycles. The van der Waals surface area contributed by atoms with E-state index in [-0.39, 0.29) is 11.3 Å². The Hall–Kier alpha value is -1.02. The monoisotopic (exact) mass is 239 g/mol. The number of hydrogen-bond acceptors (Lipinski definition) is 1. The minimum atomic E-state index is 0.0583. The van der Waals surface area contributed by atoms with Gasteiger partial charge >= 0.3 is 0 Å². The molecule has 3 heteroatoms. The highest BCUT2D eigenvalue weighted by molar-refractivity contribution is 6.20. The molecule has 0 aliphatic rings. The Morgan fingerprint density at radius 1 is 1.50 bits per heavy atom. The summed E-state index contributed by atoms with van der Waals surface area (Å²) in [5, 5.41) is 2.97. The van der Waals surface area contributed by atoms with Crippen LogP contribution in [-0.2, 0) is 11.2 Å². The zero-order chi connectivity index (χ0) is 12.0. The second kappa shape index (κ2) is 6.54. The van der Waals surface area contributed by atoms with Gasteiger partial charge in [0.2, 0.25) is 5.91 Å². The Kier molecular flexibility index (Phi) is 5.33. The lowest BCUT2D eigenvalue weighted by molar-refractivity contribution is -0.120. The van der Waals surface area contributed by atoms with E-state index in [0.717, 1.165) is 12.0 Å². The molecule has 0 aromatic heterocycles. The standard InChI is InChI=1S/C13H18ClNO/c1-10-4-3-5-12(8-10)9-13(16)15-7-6-11(2)14/h3-5,8,11H,6-7,9H2,1-2H3,(H,15,16). The Labute approximate surface area is 102 Å². The average molecular weight is 240 g/mol. The fourth-order valence-corrected chi connectivity index (χ4v) is 1.59. The summed E-state index contributed by atoms with van der Waals surface area (Å²) in [6.45, 7) is 4.60. The predicted molar refractivity (Wildman–Crippen MR) is 67.8 cm³/mol. The Balaban J connectivity index is 2.34. The number of alkyl halides is 1. The molecule has 1 N–H and O–H groups in total. The van der Waals surface area contributed by atoms with Crippen molar-refractivity contribution in [1.29, 1.82) is 0 Å². The molecule has 0 bridgehead atoms. The molecule has 0 radical (unpaired) electrons. The fourth-order valence-electron chi connectivity index (χ4n) is 1.48. The number of carbonyl (C=O) groups excluding carboxylic acids is 1. The molecule has 88 valence electrons. The van der Waals surface area contributed by atoms with Crippen LogP contribution in [0.2, 0.25) is 0 Å². The van der Waals surface area contributed by atoms with Crippen LogP contribution in [0, 0.1) is 6.92 Å². The largest absolute Gasteiger partial charge is 0.356 e. The normalized spacial score (nSPS) is 12.2. The highest BCUT2D eigenvalue weighted by Gasteiger charge is 2.03. The minimum Gasteiger partial charge on any atom is -0.356 e. The van der Waals surface area contributed by atoms with Crippen molar-refractivity contribution in [2.45, 2.75) is 32.1 Å². The maximum absolute atomic E-state index is 11.6. The van der Waals surface area contributed by atoms with Gasteiger partial charge < -0.3 is 5.32 Å². The van der Waals surface area contributed by atoms with Crippen LogP contribution in [0.3, 0.4) is 0 Å². The van der Waals surface area contributed by atoms with Gasteiger partial charge in [0.15, 0.2) is 0 Å². The number of benzene rings is 1. The molecule has 0 fully saturated rings. The Morgan fingerprint density at radius 3 is 2.88 bits per heavy atom. The molecule has 0 aliphatic carbocycles. The molecule has 0 aliphatic heterocycles. The first kappa shape index (κ1) is 13.0. The van der Waals surface area contributed by atoms with Crippen LogP contribution in [0.15, 0.2) is 24.3 Å². The molecule has 1 rings (SSSR count). The van der Waals surface area contributed by atoms with Gasteiger partial charge in [0.05, 0.1) is 6.42 Å². The summed E-state index contributed by atoms with van der Waals surface area (Å²) in [6.07, 6.45) is 1.25. The van der Waals surface area contributed by atoms with Crippen LogP contribution in [0.4, 0.5) is 0 Å². The molecular formula is C13H18ClNO. The quantitative estimate of drug-likeness (QED) is 0.787. The number of halogens is 1. The molecule has 1 aromatic carbocycles. The third kappa shape index (κ3) is 5.17. The molecule has 1 unspecified atom stereocenters. The van der Waals surface area contributed by atoms with E-state index in [4.69, 9.17) is 11.6 Å². The van der Waals surface area contributed by atoms with Gasteiger partial charge in [0.1, 0.15) is 0 Å². The van der Waals surface area contributed by atoms with E-state index in [0.29, 0.717) is 13.0 Å². The molecular weight excluding hydrogens is 222 g/mol. The summed E-state index contributed by atoms with van der Waals surface area (Å²) in [6, 6.07) is 8.00. The lowest BCUT2D eigenvalue weighted by atomic mass is 10.1. The van der Waals surface area contributed by atoms with Crippen LogP contribution in [-0.4, -0.2) is 17.8 Å². The maximum Gasteiger partial charge on any atom is 0.224 e. The molecule has 0 heterocycles. The molecule has 1 atom stereocenters. The highest BCUT2D eigenvalue weighted by atomic mass is 35.5. The summed E-state index contributed by atoms with van der Waals surface area (Å²) in [5.41, 5.74) is 2.23. The zero-order valence-corrected chi connectivity index (χ0v) is 10.6. The van der Waals surface area contributed by atoms with Crippen molar-refractivity contribution in [3.05, 3.63) is 35.4 Å². The van der Waals surface area contributed by atoms with Gasteiger partial charge in [0, 0.05) is 11.9 Å². The molecule has 0 saturated carbocycles. The first-order chi connectivity index (χ1) is 7.58. The first-order valence-corrected chi connectivity index (χ1v) is 5.98. The van der Waals surface area contributed by atoms with Crippen molar-refractivity contribution in [2.75, 3.05) is 6.54 Å². The van der Waals surface area contributed by atoms with Crippen molar-refractivity contribution in [3.63, 3.8) is 0 Å². The summed E-state index contributed by atoms with van der Waals surface area (Å²) >= 11 is 5.79. The summed E-state index contributed by atoms with van der Waals surface area (Å²) < 4.78 is 0. The van der Waals surface area contributed by atoms with Gasteiger partial charge in [-0.3, -0.25) is 4.79 Å². The first-order valence-electron chi connectivity index (χ1n) is 5.54. The number of rotatable bonds is 5. The summed E-state index contributed by atoms with van der Waals surface area (Å²) in [5.74, 6) is 0.0583. The zero-order valence-electron chi connectivity index (χ0n) is 9.79. The van der Waals surface area contributed by atoms with Gasteiger partial charge in [-0.25, -0.2) is 0 Å². The smallest absolute Gasteiger partial charge is 0.224 e. The second-order valence-electron chi connectivity index (χ2n) is 4.09. The molecule has 1 aromatic rings. The van der Waals surface area contributed by atoms with Crippen molar-refractivity contribution in [2.24, 2.45) is 0 Å². The van der Waals surface area contributed by atoms with Crippen LogP contribution < -0.4 is 5.32 Å². The number of aryl methyl sites for hydroxylation is 1. The van der Waals surface area contributed by atoms with Crippen LogP contribution in [0.1, 0.15) is 24.5 Å². The van der Waals surface area contributed by atoms with Crippen LogP contribution in [0.25, 0.3) is 0 Å². The third-order valence-electron chi connectivity index (χ3n) is 2.31. The van der Waals surface area contributed by atoms with E-state index in [1.165, 1.54) is 5.56 Å².